The van der Waals surface area contributed by atoms with Crippen LogP contribution in [0.5, 0.6) is 0 Å². The van der Waals surface area contributed by atoms with Gasteiger partial charge in [-0.3, -0.25) is 9.69 Å². The Kier molecular flexibility index (Phi) is 8.68. The first-order chi connectivity index (χ1) is 14.5. The molecule has 0 aromatic heterocycles. The zero-order valence-corrected chi connectivity index (χ0v) is 18.3. The topological polar surface area (TPSA) is 103 Å². The monoisotopic (exact) mass is 423 g/mol. The van der Waals surface area contributed by atoms with E-state index in [-0.39, 0.29) is 36.1 Å². The van der Waals surface area contributed by atoms with Gasteiger partial charge in [0, 0.05) is 31.7 Å². The maximum Gasteiger partial charge on any atom is 0.333 e. The lowest BCUT2D eigenvalue weighted by molar-refractivity contribution is -0.138. The molecule has 30 heavy (non-hydrogen) atoms. The van der Waals surface area contributed by atoms with Crippen LogP contribution in [0.1, 0.15) is 46.0 Å². The van der Waals surface area contributed by atoms with Crippen LogP contribution >= 0.6 is 0 Å². The highest BCUT2D eigenvalue weighted by Crippen LogP contribution is 2.29. The average molecular weight is 424 g/mol. The van der Waals surface area contributed by atoms with Crippen molar-refractivity contribution >= 4 is 11.9 Å². The number of nitrogens with two attached hydrogens (primary N) is 1. The maximum atomic E-state index is 12.3. The summed E-state index contributed by atoms with van der Waals surface area (Å²) in [5.41, 5.74) is 6.98. The minimum absolute atomic E-state index is 0.110. The number of carbonyl (C=O) groups excluding carboxylic acids is 2. The van der Waals surface area contributed by atoms with E-state index < -0.39 is 0 Å². The Labute approximate surface area is 179 Å². The molecule has 3 aliphatic rings. The van der Waals surface area contributed by atoms with Gasteiger partial charge in [-0.05, 0) is 51.5 Å². The van der Waals surface area contributed by atoms with Gasteiger partial charge in [0.15, 0.2) is 0 Å². The number of ether oxygens (including phenoxy) is 3. The van der Waals surface area contributed by atoms with Crippen LogP contribution in [0.3, 0.4) is 0 Å². The SMILES string of the molecule is CCOC(=O)C1=C[C@@H](N2CCC[C@H](OCCOCC3CC3)C2)[C@H](NC(C)=O)[C@@H](N)C1. The van der Waals surface area contributed by atoms with Crippen LogP contribution < -0.4 is 11.1 Å². The minimum Gasteiger partial charge on any atom is -0.463 e. The highest BCUT2D eigenvalue weighted by Gasteiger charge is 2.39. The Morgan fingerprint density at radius 1 is 1.27 bits per heavy atom. The van der Waals surface area contributed by atoms with E-state index in [0.717, 1.165) is 38.5 Å². The van der Waals surface area contributed by atoms with Gasteiger partial charge in [0.1, 0.15) is 0 Å². The second kappa shape index (κ2) is 11.2. The summed E-state index contributed by atoms with van der Waals surface area (Å²) in [6.45, 7) is 7.30. The molecule has 0 aromatic carbocycles. The molecule has 1 aliphatic heterocycles. The number of rotatable bonds is 10. The van der Waals surface area contributed by atoms with Gasteiger partial charge in [0.05, 0.1) is 38.0 Å². The van der Waals surface area contributed by atoms with Gasteiger partial charge in [-0.1, -0.05) is 6.08 Å². The molecule has 2 fully saturated rings. The van der Waals surface area contributed by atoms with Crippen molar-refractivity contribution in [2.75, 3.05) is 39.5 Å². The summed E-state index contributed by atoms with van der Waals surface area (Å²) in [7, 11) is 0. The molecule has 170 valence electrons. The summed E-state index contributed by atoms with van der Waals surface area (Å²) in [6, 6.07) is -0.753. The summed E-state index contributed by atoms with van der Waals surface area (Å²) in [5.74, 6) is 0.319. The predicted molar refractivity (Wildman–Crippen MR) is 113 cm³/mol. The van der Waals surface area contributed by atoms with Gasteiger partial charge in [-0.2, -0.15) is 0 Å². The van der Waals surface area contributed by atoms with Gasteiger partial charge < -0.3 is 25.3 Å². The largest absolute Gasteiger partial charge is 0.463 e. The third-order valence-corrected chi connectivity index (χ3v) is 6.03. The number of esters is 1. The van der Waals surface area contributed by atoms with Crippen LogP contribution in [0.2, 0.25) is 0 Å². The number of piperidine rings is 1. The van der Waals surface area contributed by atoms with Crippen LogP contribution in [-0.4, -0.2) is 80.5 Å². The third-order valence-electron chi connectivity index (χ3n) is 6.03. The first kappa shape index (κ1) is 23.2. The highest BCUT2D eigenvalue weighted by atomic mass is 16.5. The van der Waals surface area contributed by atoms with Gasteiger partial charge in [0.25, 0.3) is 0 Å². The van der Waals surface area contributed by atoms with Gasteiger partial charge >= 0.3 is 5.97 Å². The van der Waals surface area contributed by atoms with E-state index in [1.54, 1.807) is 6.92 Å². The van der Waals surface area contributed by atoms with E-state index >= 15 is 0 Å². The van der Waals surface area contributed by atoms with Crippen LogP contribution in [-0.2, 0) is 23.8 Å². The van der Waals surface area contributed by atoms with Crippen molar-refractivity contribution in [3.05, 3.63) is 11.6 Å². The zero-order valence-electron chi connectivity index (χ0n) is 18.3. The first-order valence-electron chi connectivity index (χ1n) is 11.3. The molecule has 3 N–H and O–H groups in total. The first-order valence-corrected chi connectivity index (χ1v) is 11.3. The number of hydrogen-bond acceptors (Lipinski definition) is 7. The van der Waals surface area contributed by atoms with Crippen LogP contribution in [0.15, 0.2) is 11.6 Å². The number of hydrogen-bond donors (Lipinski definition) is 2. The summed E-state index contributed by atoms with van der Waals surface area (Å²) in [4.78, 5) is 26.4. The van der Waals surface area contributed by atoms with Crippen molar-refractivity contribution < 1.29 is 23.8 Å². The van der Waals surface area contributed by atoms with Gasteiger partial charge in [-0.25, -0.2) is 4.79 Å². The van der Waals surface area contributed by atoms with E-state index in [1.807, 2.05) is 6.08 Å². The van der Waals surface area contributed by atoms with E-state index in [1.165, 1.54) is 19.8 Å². The summed E-state index contributed by atoms with van der Waals surface area (Å²) in [5, 5.41) is 3.00. The van der Waals surface area contributed by atoms with Crippen molar-refractivity contribution in [1.82, 2.24) is 10.2 Å². The normalized spacial score (nSPS) is 29.9. The van der Waals surface area contributed by atoms with Crippen LogP contribution in [0.4, 0.5) is 0 Å². The Morgan fingerprint density at radius 3 is 2.77 bits per heavy atom. The Bertz CT molecular complexity index is 622. The Hall–Kier alpha value is -1.48. The van der Waals surface area contributed by atoms with E-state index in [0.29, 0.717) is 31.8 Å². The molecule has 8 nitrogen and oxygen atoms in total. The van der Waals surface area contributed by atoms with Crippen LogP contribution in [0, 0.1) is 5.92 Å². The Balaban J connectivity index is 1.60. The second-order valence-corrected chi connectivity index (χ2v) is 8.65. The summed E-state index contributed by atoms with van der Waals surface area (Å²) in [6.07, 6.45) is 7.01. The zero-order chi connectivity index (χ0) is 21.5. The second-order valence-electron chi connectivity index (χ2n) is 8.65. The predicted octanol–water partition coefficient (Wildman–Crippen LogP) is 0.988. The average Bonchev–Trinajstić information content (AvgIpc) is 3.53. The molecule has 1 saturated heterocycles. The molecular weight excluding hydrogens is 386 g/mol. The Morgan fingerprint density at radius 2 is 2.07 bits per heavy atom. The van der Waals surface area contributed by atoms with E-state index in [9.17, 15) is 9.59 Å². The minimum atomic E-state index is -0.347. The fourth-order valence-corrected chi connectivity index (χ4v) is 4.33. The third kappa shape index (κ3) is 6.77. The molecule has 1 heterocycles. The van der Waals surface area contributed by atoms with E-state index in [4.69, 9.17) is 19.9 Å². The molecule has 0 unspecified atom stereocenters. The number of nitrogens with zero attached hydrogens (tertiary/aromatic N) is 1. The summed E-state index contributed by atoms with van der Waals surface area (Å²) >= 11 is 0. The fourth-order valence-electron chi connectivity index (χ4n) is 4.33. The van der Waals surface area contributed by atoms with Crippen molar-refractivity contribution in [2.45, 2.75) is 70.2 Å². The van der Waals surface area contributed by atoms with Gasteiger partial charge in [-0.15, -0.1) is 0 Å². The fraction of sp³-hybridized carbons (Fsp3) is 0.818. The molecule has 2 aliphatic carbocycles. The molecule has 0 spiro atoms. The highest BCUT2D eigenvalue weighted by molar-refractivity contribution is 5.89. The number of amides is 1. The lowest BCUT2D eigenvalue weighted by Crippen LogP contribution is -2.62. The molecule has 0 bridgehead atoms. The lowest BCUT2D eigenvalue weighted by atomic mass is 9.85. The molecule has 4 atom stereocenters. The number of carbonyl (C=O) groups is 2. The number of nitrogens with one attached hydrogen (secondary N) is 1. The van der Waals surface area contributed by atoms with Crippen molar-refractivity contribution in [3.8, 4) is 0 Å². The maximum absolute atomic E-state index is 12.3. The smallest absolute Gasteiger partial charge is 0.333 e. The molecule has 1 amide bonds. The van der Waals surface area contributed by atoms with E-state index in [2.05, 4.69) is 10.2 Å². The quantitative estimate of drug-likeness (QED) is 0.399. The molecule has 3 rings (SSSR count). The molecule has 8 heteroatoms. The standard InChI is InChI=1S/C22H37N3O5/c1-3-29-22(27)17-11-19(23)21(24-15(2)26)20(12-17)25-8-4-5-18(13-25)30-10-9-28-14-16-6-7-16/h12,16,18-21H,3-11,13-14,23H2,1-2H3,(H,24,26)/t18-,19-,20+,21+/m0/s1. The summed E-state index contributed by atoms with van der Waals surface area (Å²) < 4.78 is 16.9. The lowest BCUT2D eigenvalue weighted by Gasteiger charge is -2.44. The molecule has 1 saturated carbocycles. The van der Waals surface area contributed by atoms with Crippen molar-refractivity contribution in [1.29, 1.82) is 0 Å². The van der Waals surface area contributed by atoms with Crippen molar-refractivity contribution in [2.24, 2.45) is 11.7 Å². The number of likely N-dealkylation sites (tertiary alicyclic amines) is 1. The van der Waals surface area contributed by atoms with Gasteiger partial charge in [0.2, 0.25) is 5.91 Å². The molecular formula is C22H37N3O5. The molecule has 0 aromatic rings. The van der Waals surface area contributed by atoms with Crippen LogP contribution in [0.25, 0.3) is 0 Å². The van der Waals surface area contributed by atoms with Crippen molar-refractivity contribution in [3.63, 3.8) is 0 Å². The molecule has 0 radical (unpaired) electrons.